The maximum absolute atomic E-state index is 5.49. The van der Waals surface area contributed by atoms with Crippen LogP contribution >= 0.6 is 0 Å². The molecule has 0 atom stereocenters. The van der Waals surface area contributed by atoms with Gasteiger partial charge >= 0.3 is 0 Å². The van der Waals surface area contributed by atoms with Gasteiger partial charge in [0.1, 0.15) is 5.82 Å². The summed E-state index contributed by atoms with van der Waals surface area (Å²) in [4.78, 5) is 16.2. The van der Waals surface area contributed by atoms with Crippen LogP contribution in [0.3, 0.4) is 0 Å². The Morgan fingerprint density at radius 2 is 1.19 bits per heavy atom. The van der Waals surface area contributed by atoms with Gasteiger partial charge in [-0.15, -0.1) is 0 Å². The minimum atomic E-state index is -0.0114. The summed E-state index contributed by atoms with van der Waals surface area (Å²) in [5.41, 5.74) is 14.4. The Bertz CT molecular complexity index is 2510. The summed E-state index contributed by atoms with van der Waals surface area (Å²) in [6.07, 6.45) is 1.85. The molecule has 0 unspecified atom stereocenters. The van der Waals surface area contributed by atoms with Crippen LogP contribution in [0.1, 0.15) is 58.2 Å². The monoisotopic (exact) mass is 690 g/mol. The summed E-state index contributed by atoms with van der Waals surface area (Å²) >= 11 is 0. The van der Waals surface area contributed by atoms with E-state index >= 15 is 0 Å². The number of benzene rings is 5. The van der Waals surface area contributed by atoms with Crippen LogP contribution in [0.2, 0.25) is 0 Å². The van der Waals surface area contributed by atoms with Crippen molar-refractivity contribution in [2.75, 3.05) is 4.90 Å². The third kappa shape index (κ3) is 6.73. The Morgan fingerprint density at radius 1 is 0.528 bits per heavy atom. The lowest BCUT2D eigenvalue weighted by Crippen LogP contribution is -2.16. The first-order valence-electron chi connectivity index (χ1n) is 18.5. The summed E-state index contributed by atoms with van der Waals surface area (Å²) in [7, 11) is 0. The van der Waals surface area contributed by atoms with Crippen LogP contribution in [-0.4, -0.2) is 15.0 Å². The molecule has 0 bridgehead atoms. The second-order valence-electron chi connectivity index (χ2n) is 16.2. The number of aromatic amines is 1. The van der Waals surface area contributed by atoms with Crippen LogP contribution in [0.25, 0.3) is 55.4 Å². The molecular weight excluding hydrogens is 645 g/mol. The highest BCUT2D eigenvalue weighted by molar-refractivity contribution is 6.11. The van der Waals surface area contributed by atoms with Gasteiger partial charge in [0.05, 0.1) is 16.9 Å². The molecule has 4 heteroatoms. The third-order valence-electron chi connectivity index (χ3n) is 10.1. The molecule has 0 aliphatic rings. The van der Waals surface area contributed by atoms with Crippen LogP contribution in [0, 0.1) is 6.92 Å². The average molecular weight is 691 g/mol. The molecule has 0 aliphatic carbocycles. The molecule has 0 amide bonds. The predicted octanol–water partition coefficient (Wildman–Crippen LogP) is 13.5. The van der Waals surface area contributed by atoms with Gasteiger partial charge in [0, 0.05) is 45.0 Å². The van der Waals surface area contributed by atoms with E-state index in [0.717, 1.165) is 61.9 Å². The molecule has 0 spiro atoms. The number of H-pyrrole nitrogens is 1. The predicted molar refractivity (Wildman–Crippen MR) is 225 cm³/mol. The number of hydrogen-bond acceptors (Lipinski definition) is 3. The fourth-order valence-corrected chi connectivity index (χ4v) is 7.25. The molecule has 0 saturated heterocycles. The first kappa shape index (κ1) is 34.1. The van der Waals surface area contributed by atoms with Crippen molar-refractivity contribution < 1.29 is 0 Å². The minimum Gasteiger partial charge on any atom is -0.354 e. The van der Waals surface area contributed by atoms with Gasteiger partial charge in [-0.2, -0.15) is 0 Å². The molecule has 1 N–H and O–H groups in total. The molecule has 262 valence electrons. The van der Waals surface area contributed by atoms with Crippen LogP contribution in [0.15, 0.2) is 146 Å². The lowest BCUT2D eigenvalue weighted by Gasteiger charge is -2.26. The molecule has 3 aromatic heterocycles. The van der Waals surface area contributed by atoms with Gasteiger partial charge in [-0.3, -0.25) is 4.90 Å². The normalized spacial score (nSPS) is 12.1. The van der Waals surface area contributed by atoms with E-state index in [1.807, 2.05) is 24.4 Å². The standard InChI is InChI=1S/C49H46N4/c1-32-24-35(28-39(25-32)53(38-16-9-8-10-17-38)46-22-13-14-23-50-46)44-29-34(33-26-36(48(2,3)4)31-37(27-33)49(5,6)7)30-45(51-44)42-20-15-19-41-40-18-11-12-21-43(40)52-47(41)42/h8-31,52H,1-7H3. The van der Waals surface area contributed by atoms with Gasteiger partial charge in [0.25, 0.3) is 0 Å². The number of rotatable bonds is 6. The Labute approximate surface area is 313 Å². The van der Waals surface area contributed by atoms with E-state index in [2.05, 4.69) is 180 Å². The second-order valence-corrected chi connectivity index (χ2v) is 16.2. The van der Waals surface area contributed by atoms with Crippen molar-refractivity contribution in [1.82, 2.24) is 15.0 Å². The maximum Gasteiger partial charge on any atom is 0.137 e. The number of hydrogen-bond donors (Lipinski definition) is 1. The van der Waals surface area contributed by atoms with Crippen molar-refractivity contribution in [2.24, 2.45) is 0 Å². The van der Waals surface area contributed by atoms with Gasteiger partial charge in [-0.1, -0.05) is 120 Å². The number of pyridine rings is 2. The molecule has 3 heterocycles. The van der Waals surface area contributed by atoms with E-state index in [1.165, 1.54) is 27.5 Å². The number of aromatic nitrogens is 3. The molecule has 8 rings (SSSR count). The molecule has 0 radical (unpaired) electrons. The summed E-state index contributed by atoms with van der Waals surface area (Å²) < 4.78 is 0. The largest absolute Gasteiger partial charge is 0.354 e. The maximum atomic E-state index is 5.49. The lowest BCUT2D eigenvalue weighted by molar-refractivity contribution is 0.569. The molecule has 5 aromatic carbocycles. The molecule has 0 fully saturated rings. The van der Waals surface area contributed by atoms with Crippen LogP contribution < -0.4 is 4.90 Å². The topological polar surface area (TPSA) is 44.8 Å². The first-order chi connectivity index (χ1) is 25.4. The Hall–Kier alpha value is -6.00. The van der Waals surface area contributed by atoms with Gasteiger partial charge in [0.2, 0.25) is 0 Å². The van der Waals surface area contributed by atoms with Crippen LogP contribution in [0.4, 0.5) is 17.2 Å². The highest BCUT2D eigenvalue weighted by Crippen LogP contribution is 2.41. The third-order valence-corrected chi connectivity index (χ3v) is 10.1. The Morgan fingerprint density at radius 3 is 1.91 bits per heavy atom. The van der Waals surface area contributed by atoms with E-state index in [1.54, 1.807) is 0 Å². The zero-order valence-corrected chi connectivity index (χ0v) is 31.7. The fraction of sp³-hybridized carbons (Fsp3) is 0.184. The van der Waals surface area contributed by atoms with Gasteiger partial charge in [0.15, 0.2) is 0 Å². The Balaban J connectivity index is 1.38. The number of anilines is 3. The molecular formula is C49H46N4. The lowest BCUT2D eigenvalue weighted by atomic mass is 9.79. The van der Waals surface area contributed by atoms with Crippen molar-refractivity contribution >= 4 is 39.0 Å². The first-order valence-corrected chi connectivity index (χ1v) is 18.5. The zero-order valence-electron chi connectivity index (χ0n) is 31.7. The van der Waals surface area contributed by atoms with Gasteiger partial charge in [-0.05, 0) is 106 Å². The van der Waals surface area contributed by atoms with Crippen molar-refractivity contribution in [1.29, 1.82) is 0 Å². The number of para-hydroxylation sites is 3. The highest BCUT2D eigenvalue weighted by Gasteiger charge is 2.23. The quantitative estimate of drug-likeness (QED) is 0.189. The zero-order chi connectivity index (χ0) is 36.9. The van der Waals surface area contributed by atoms with Crippen molar-refractivity contribution in [3.63, 3.8) is 0 Å². The van der Waals surface area contributed by atoms with E-state index < -0.39 is 0 Å². The Kier molecular flexibility index (Phi) is 8.50. The molecule has 8 aromatic rings. The fourth-order valence-electron chi connectivity index (χ4n) is 7.25. The average Bonchev–Trinajstić information content (AvgIpc) is 3.54. The van der Waals surface area contributed by atoms with E-state index in [9.17, 15) is 0 Å². The summed E-state index contributed by atoms with van der Waals surface area (Å²) in [6.45, 7) is 16.0. The van der Waals surface area contributed by atoms with Crippen LogP contribution in [-0.2, 0) is 10.8 Å². The van der Waals surface area contributed by atoms with E-state index in [-0.39, 0.29) is 10.8 Å². The smallest absolute Gasteiger partial charge is 0.137 e. The van der Waals surface area contributed by atoms with Crippen molar-refractivity contribution in [3.05, 3.63) is 162 Å². The second kappa shape index (κ2) is 13.2. The van der Waals surface area contributed by atoms with Gasteiger partial charge in [-0.25, -0.2) is 9.97 Å². The summed E-state index contributed by atoms with van der Waals surface area (Å²) in [5, 5.41) is 2.41. The van der Waals surface area contributed by atoms with E-state index in [0.29, 0.717) is 0 Å². The molecule has 0 saturated carbocycles. The van der Waals surface area contributed by atoms with Crippen molar-refractivity contribution in [3.8, 4) is 33.6 Å². The number of aryl methyl sites for hydroxylation is 1. The van der Waals surface area contributed by atoms with Crippen molar-refractivity contribution in [2.45, 2.75) is 59.3 Å². The van der Waals surface area contributed by atoms with Gasteiger partial charge < -0.3 is 4.98 Å². The number of fused-ring (bicyclic) bond motifs is 3. The van der Waals surface area contributed by atoms with E-state index in [4.69, 9.17) is 9.97 Å². The molecule has 0 aliphatic heterocycles. The summed E-state index contributed by atoms with van der Waals surface area (Å²) in [6, 6.07) is 50.0. The number of nitrogens with zero attached hydrogens (tertiary/aromatic N) is 3. The highest BCUT2D eigenvalue weighted by atomic mass is 15.2. The minimum absolute atomic E-state index is 0.0114. The SMILES string of the molecule is Cc1cc(-c2cc(-c3cc(C(C)(C)C)cc(C(C)(C)C)c3)cc(-c3cccc4c3[nH]c3ccccc34)n2)cc(N(c2ccccc2)c2ccccn2)c1. The number of nitrogens with one attached hydrogen (secondary N) is 1. The summed E-state index contributed by atoms with van der Waals surface area (Å²) in [5.74, 6) is 0.858. The molecule has 4 nitrogen and oxygen atoms in total. The molecule has 53 heavy (non-hydrogen) atoms. The van der Waals surface area contributed by atoms with Crippen LogP contribution in [0.5, 0.6) is 0 Å².